The minimum absolute atomic E-state index is 0.0432. The number of hydrogen-bond donors (Lipinski definition) is 1. The largest absolute Gasteiger partial charge is 0.491 e. The molecule has 0 spiro atoms. The van der Waals surface area contributed by atoms with Gasteiger partial charge >= 0.3 is 0 Å². The highest BCUT2D eigenvalue weighted by Gasteiger charge is 2.14. The molecule has 0 heterocycles. The van der Waals surface area contributed by atoms with Gasteiger partial charge in [0.2, 0.25) is 0 Å². The summed E-state index contributed by atoms with van der Waals surface area (Å²) in [5.41, 5.74) is 7.71. The van der Waals surface area contributed by atoms with Crippen molar-refractivity contribution in [3.63, 3.8) is 0 Å². The minimum Gasteiger partial charge on any atom is -0.491 e. The molecule has 21 heavy (non-hydrogen) atoms. The van der Waals surface area contributed by atoms with Crippen molar-refractivity contribution in [1.82, 2.24) is 0 Å². The van der Waals surface area contributed by atoms with Crippen LogP contribution in [0.4, 0.5) is 8.78 Å². The molecule has 2 aromatic carbocycles. The van der Waals surface area contributed by atoms with E-state index in [-0.39, 0.29) is 12.1 Å². The Kier molecular flexibility index (Phi) is 4.91. The highest BCUT2D eigenvalue weighted by atomic mass is 19.2. The van der Waals surface area contributed by atoms with Crippen LogP contribution in [0.1, 0.15) is 31.0 Å². The lowest BCUT2D eigenvalue weighted by molar-refractivity contribution is 0.238. The van der Waals surface area contributed by atoms with Crippen molar-refractivity contribution in [3.8, 4) is 5.75 Å². The van der Waals surface area contributed by atoms with Gasteiger partial charge in [0.05, 0.1) is 6.10 Å². The number of nitrogens with two attached hydrogens (primary N) is 1. The summed E-state index contributed by atoms with van der Waals surface area (Å²) < 4.78 is 31.9. The molecule has 2 aromatic rings. The molecular weight excluding hydrogens is 272 g/mol. The van der Waals surface area contributed by atoms with Crippen molar-refractivity contribution >= 4 is 0 Å². The average molecular weight is 291 g/mol. The second kappa shape index (κ2) is 6.68. The second-order valence-corrected chi connectivity index (χ2v) is 5.26. The molecule has 0 aliphatic heterocycles. The number of ether oxygens (including phenoxy) is 1. The van der Waals surface area contributed by atoms with E-state index in [2.05, 4.69) is 0 Å². The molecule has 0 fully saturated rings. The Hall–Kier alpha value is -1.94. The van der Waals surface area contributed by atoms with E-state index in [9.17, 15) is 8.78 Å². The molecule has 2 rings (SSSR count). The Labute approximate surface area is 123 Å². The third-order valence-corrected chi connectivity index (χ3v) is 3.12. The van der Waals surface area contributed by atoms with Gasteiger partial charge in [-0.15, -0.1) is 0 Å². The van der Waals surface area contributed by atoms with Crippen molar-refractivity contribution in [2.24, 2.45) is 5.73 Å². The summed E-state index contributed by atoms with van der Waals surface area (Å²) in [4.78, 5) is 0. The Morgan fingerprint density at radius 2 is 1.76 bits per heavy atom. The van der Waals surface area contributed by atoms with E-state index in [1.165, 1.54) is 6.07 Å². The van der Waals surface area contributed by atoms with Crippen LogP contribution in [-0.4, -0.2) is 6.10 Å². The van der Waals surface area contributed by atoms with Gasteiger partial charge in [0.25, 0.3) is 0 Å². The van der Waals surface area contributed by atoms with E-state index >= 15 is 0 Å². The van der Waals surface area contributed by atoms with Gasteiger partial charge in [-0.05, 0) is 44.0 Å². The summed E-state index contributed by atoms with van der Waals surface area (Å²) in [5, 5.41) is 0. The zero-order valence-corrected chi connectivity index (χ0v) is 12.1. The molecule has 0 aliphatic carbocycles. The van der Waals surface area contributed by atoms with Crippen LogP contribution in [0.3, 0.4) is 0 Å². The molecule has 112 valence electrons. The SMILES string of the molecule is CC(C)Oc1ccccc1C(N)Cc1ccc(F)c(F)c1. The Bertz CT molecular complexity index is 613. The fourth-order valence-electron chi connectivity index (χ4n) is 2.18. The summed E-state index contributed by atoms with van der Waals surface area (Å²) in [6, 6.07) is 11.0. The Balaban J connectivity index is 2.19. The van der Waals surface area contributed by atoms with Gasteiger partial charge < -0.3 is 10.5 Å². The summed E-state index contributed by atoms with van der Waals surface area (Å²) in [6.07, 6.45) is 0.456. The summed E-state index contributed by atoms with van der Waals surface area (Å²) >= 11 is 0. The zero-order chi connectivity index (χ0) is 15.4. The molecule has 4 heteroatoms. The predicted octanol–water partition coefficient (Wildman–Crippen LogP) is 3.99. The molecular formula is C17H19F2NO. The van der Waals surface area contributed by atoms with E-state index < -0.39 is 11.6 Å². The van der Waals surface area contributed by atoms with Crippen molar-refractivity contribution in [2.45, 2.75) is 32.4 Å². The highest BCUT2D eigenvalue weighted by Crippen LogP contribution is 2.27. The van der Waals surface area contributed by atoms with E-state index in [1.54, 1.807) is 6.07 Å². The van der Waals surface area contributed by atoms with Crippen LogP contribution in [0, 0.1) is 11.6 Å². The van der Waals surface area contributed by atoms with Crippen LogP contribution in [0.2, 0.25) is 0 Å². The first-order valence-corrected chi connectivity index (χ1v) is 6.92. The molecule has 0 amide bonds. The van der Waals surface area contributed by atoms with Crippen LogP contribution in [0.15, 0.2) is 42.5 Å². The smallest absolute Gasteiger partial charge is 0.159 e. The maximum Gasteiger partial charge on any atom is 0.159 e. The van der Waals surface area contributed by atoms with Gasteiger partial charge in [0.1, 0.15) is 5.75 Å². The minimum atomic E-state index is -0.855. The first-order valence-electron chi connectivity index (χ1n) is 6.92. The van der Waals surface area contributed by atoms with Gasteiger partial charge in [0.15, 0.2) is 11.6 Å². The van der Waals surface area contributed by atoms with Gasteiger partial charge in [-0.1, -0.05) is 24.3 Å². The predicted molar refractivity (Wildman–Crippen MR) is 79.2 cm³/mol. The normalized spacial score (nSPS) is 12.5. The van der Waals surface area contributed by atoms with E-state index in [0.29, 0.717) is 12.0 Å². The molecule has 0 bridgehead atoms. The van der Waals surface area contributed by atoms with E-state index in [1.807, 2.05) is 38.1 Å². The lowest BCUT2D eigenvalue weighted by Gasteiger charge is -2.19. The summed E-state index contributed by atoms with van der Waals surface area (Å²) in [5.74, 6) is -0.982. The number of rotatable bonds is 5. The zero-order valence-electron chi connectivity index (χ0n) is 12.1. The van der Waals surface area contributed by atoms with Crippen LogP contribution in [0.25, 0.3) is 0 Å². The first kappa shape index (κ1) is 15.4. The fourth-order valence-corrected chi connectivity index (χ4v) is 2.18. The summed E-state index contributed by atoms with van der Waals surface area (Å²) in [7, 11) is 0. The van der Waals surface area contributed by atoms with Crippen molar-refractivity contribution < 1.29 is 13.5 Å². The maximum atomic E-state index is 13.2. The number of benzene rings is 2. The van der Waals surface area contributed by atoms with Gasteiger partial charge in [-0.25, -0.2) is 8.78 Å². The number of hydrogen-bond acceptors (Lipinski definition) is 2. The summed E-state index contributed by atoms with van der Waals surface area (Å²) in [6.45, 7) is 3.88. The third kappa shape index (κ3) is 4.02. The van der Waals surface area contributed by atoms with Gasteiger partial charge in [0, 0.05) is 11.6 Å². The van der Waals surface area contributed by atoms with Gasteiger partial charge in [-0.2, -0.15) is 0 Å². The number of para-hydroxylation sites is 1. The maximum absolute atomic E-state index is 13.2. The monoisotopic (exact) mass is 291 g/mol. The van der Waals surface area contributed by atoms with Crippen LogP contribution in [0.5, 0.6) is 5.75 Å². The van der Waals surface area contributed by atoms with Crippen molar-refractivity contribution in [2.75, 3.05) is 0 Å². The van der Waals surface area contributed by atoms with E-state index in [4.69, 9.17) is 10.5 Å². The first-order chi connectivity index (χ1) is 9.97. The van der Waals surface area contributed by atoms with Crippen LogP contribution < -0.4 is 10.5 Å². The topological polar surface area (TPSA) is 35.2 Å². The van der Waals surface area contributed by atoms with Crippen molar-refractivity contribution in [3.05, 3.63) is 65.2 Å². The molecule has 1 atom stereocenters. The molecule has 2 nitrogen and oxygen atoms in total. The Morgan fingerprint density at radius 1 is 1.05 bits per heavy atom. The number of halogens is 2. The molecule has 0 aromatic heterocycles. The third-order valence-electron chi connectivity index (χ3n) is 3.12. The molecule has 0 radical (unpaired) electrons. The molecule has 2 N–H and O–H groups in total. The van der Waals surface area contributed by atoms with Gasteiger partial charge in [-0.3, -0.25) is 0 Å². The van der Waals surface area contributed by atoms with Crippen molar-refractivity contribution in [1.29, 1.82) is 0 Å². The fraction of sp³-hybridized carbons (Fsp3) is 0.294. The van der Waals surface area contributed by atoms with Crippen LogP contribution >= 0.6 is 0 Å². The molecule has 0 saturated heterocycles. The highest BCUT2D eigenvalue weighted by molar-refractivity contribution is 5.37. The molecule has 1 unspecified atom stereocenters. The molecule has 0 saturated carbocycles. The Morgan fingerprint density at radius 3 is 2.43 bits per heavy atom. The van der Waals surface area contributed by atoms with Crippen LogP contribution in [-0.2, 0) is 6.42 Å². The standard InChI is InChI=1S/C17H19F2NO/c1-11(2)21-17-6-4-3-5-13(17)16(20)10-12-7-8-14(18)15(19)9-12/h3-9,11,16H,10,20H2,1-2H3. The quantitative estimate of drug-likeness (QED) is 0.904. The lowest BCUT2D eigenvalue weighted by Crippen LogP contribution is -2.16. The second-order valence-electron chi connectivity index (χ2n) is 5.26. The van der Waals surface area contributed by atoms with E-state index in [0.717, 1.165) is 17.4 Å². The molecule has 0 aliphatic rings. The lowest BCUT2D eigenvalue weighted by atomic mass is 9.98. The average Bonchev–Trinajstić information content (AvgIpc) is 2.43.